The normalized spacial score (nSPS) is 13.8. The van der Waals surface area contributed by atoms with Crippen LogP contribution >= 0.6 is 11.3 Å². The average Bonchev–Trinajstić information content (AvgIpc) is 3.24. The Morgan fingerprint density at radius 3 is 2.56 bits per heavy atom. The molecule has 0 unspecified atom stereocenters. The van der Waals surface area contributed by atoms with Gasteiger partial charge in [0.25, 0.3) is 5.91 Å². The van der Waals surface area contributed by atoms with Gasteiger partial charge in [-0.05, 0) is 56.3 Å². The fourth-order valence-electron chi connectivity index (χ4n) is 3.43. The van der Waals surface area contributed by atoms with Gasteiger partial charge in [-0.2, -0.15) is 0 Å². The summed E-state index contributed by atoms with van der Waals surface area (Å²) in [7, 11) is 0. The van der Waals surface area contributed by atoms with E-state index in [0.717, 1.165) is 42.0 Å². The van der Waals surface area contributed by atoms with E-state index >= 15 is 0 Å². The van der Waals surface area contributed by atoms with Crippen LogP contribution in [0.3, 0.4) is 0 Å². The van der Waals surface area contributed by atoms with E-state index in [9.17, 15) is 4.79 Å². The van der Waals surface area contributed by atoms with Gasteiger partial charge in [0.1, 0.15) is 0 Å². The van der Waals surface area contributed by atoms with E-state index in [2.05, 4.69) is 46.0 Å². The first-order chi connectivity index (χ1) is 12.1. The van der Waals surface area contributed by atoms with Crippen LogP contribution in [0.2, 0.25) is 0 Å². The minimum Gasteiger partial charge on any atom is -0.330 e. The highest BCUT2D eigenvalue weighted by atomic mass is 32.1. The van der Waals surface area contributed by atoms with Gasteiger partial charge < -0.3 is 9.47 Å². The minimum absolute atomic E-state index is 0.159. The first-order valence-electron chi connectivity index (χ1n) is 8.73. The first-order valence-corrected chi connectivity index (χ1v) is 9.61. The van der Waals surface area contributed by atoms with Crippen LogP contribution in [-0.4, -0.2) is 21.4 Å². The lowest BCUT2D eigenvalue weighted by molar-refractivity contribution is 0.0731. The molecule has 3 nitrogen and oxygen atoms in total. The first kappa shape index (κ1) is 16.2. The number of nitrogens with zero attached hydrogens (tertiary/aromatic N) is 2. The third-order valence-corrected chi connectivity index (χ3v) is 5.69. The molecule has 128 valence electrons. The zero-order valence-corrected chi connectivity index (χ0v) is 15.4. The van der Waals surface area contributed by atoms with Crippen LogP contribution in [0.5, 0.6) is 0 Å². The average molecular weight is 350 g/mol. The number of para-hydroxylation sites is 1. The largest absolute Gasteiger partial charge is 0.330 e. The van der Waals surface area contributed by atoms with Crippen LogP contribution < -0.4 is 0 Å². The number of hydrogen-bond acceptors (Lipinski definition) is 2. The molecule has 2 heterocycles. The van der Waals surface area contributed by atoms with E-state index in [1.807, 2.05) is 31.2 Å². The number of benzene rings is 1. The maximum atomic E-state index is 13.3. The number of aryl methyl sites for hydroxylation is 1. The number of aromatic nitrogens is 1. The Bertz CT molecular complexity index is 876. The Labute approximate surface area is 152 Å². The van der Waals surface area contributed by atoms with Crippen molar-refractivity contribution in [3.05, 3.63) is 75.7 Å². The number of carbonyl (C=O) groups is 1. The third kappa shape index (κ3) is 3.14. The van der Waals surface area contributed by atoms with Crippen LogP contribution in [0.1, 0.15) is 39.5 Å². The van der Waals surface area contributed by atoms with Crippen LogP contribution in [-0.2, 0) is 6.54 Å². The molecule has 0 N–H and O–H groups in total. The summed E-state index contributed by atoms with van der Waals surface area (Å²) >= 11 is 1.72. The summed E-state index contributed by atoms with van der Waals surface area (Å²) < 4.78 is 2.17. The Hall–Kier alpha value is -2.33. The third-order valence-electron chi connectivity index (χ3n) is 4.83. The maximum absolute atomic E-state index is 13.3. The van der Waals surface area contributed by atoms with Crippen molar-refractivity contribution < 1.29 is 4.79 Å². The van der Waals surface area contributed by atoms with E-state index in [1.165, 1.54) is 4.88 Å². The van der Waals surface area contributed by atoms with Crippen molar-refractivity contribution in [2.24, 2.45) is 0 Å². The summed E-state index contributed by atoms with van der Waals surface area (Å²) in [6.45, 7) is 4.83. The number of thiophene rings is 1. The van der Waals surface area contributed by atoms with Crippen molar-refractivity contribution in [3.8, 4) is 5.69 Å². The van der Waals surface area contributed by atoms with E-state index in [0.29, 0.717) is 6.04 Å². The molecule has 3 aromatic rings. The van der Waals surface area contributed by atoms with Gasteiger partial charge in [0, 0.05) is 28.0 Å². The molecule has 1 fully saturated rings. The van der Waals surface area contributed by atoms with Gasteiger partial charge in [0.05, 0.1) is 12.1 Å². The van der Waals surface area contributed by atoms with Crippen LogP contribution in [0.25, 0.3) is 5.69 Å². The Balaban J connectivity index is 1.67. The SMILES string of the molecule is Cc1cc(C(=O)N(Cc2cccs2)C2CC2)c(C)n1-c1ccccc1. The van der Waals surface area contributed by atoms with Crippen molar-refractivity contribution in [2.75, 3.05) is 0 Å². The summed E-state index contributed by atoms with van der Waals surface area (Å²) in [4.78, 5) is 16.6. The van der Waals surface area contributed by atoms with Gasteiger partial charge >= 0.3 is 0 Å². The molecular formula is C21H22N2OS. The van der Waals surface area contributed by atoms with Crippen molar-refractivity contribution >= 4 is 17.2 Å². The molecule has 1 aliphatic rings. The predicted molar refractivity (Wildman–Crippen MR) is 102 cm³/mol. The lowest BCUT2D eigenvalue weighted by atomic mass is 10.2. The highest BCUT2D eigenvalue weighted by molar-refractivity contribution is 7.09. The maximum Gasteiger partial charge on any atom is 0.256 e. The van der Waals surface area contributed by atoms with Gasteiger partial charge in [-0.3, -0.25) is 4.79 Å². The molecule has 1 amide bonds. The fourth-order valence-corrected chi connectivity index (χ4v) is 4.13. The van der Waals surface area contributed by atoms with Gasteiger partial charge in [0.2, 0.25) is 0 Å². The quantitative estimate of drug-likeness (QED) is 0.638. The van der Waals surface area contributed by atoms with E-state index in [4.69, 9.17) is 0 Å². The molecule has 0 bridgehead atoms. The fraction of sp³-hybridized carbons (Fsp3) is 0.286. The Kier molecular flexibility index (Phi) is 4.22. The summed E-state index contributed by atoms with van der Waals surface area (Å²) in [6, 6.07) is 16.8. The lowest BCUT2D eigenvalue weighted by Gasteiger charge is -2.22. The predicted octanol–water partition coefficient (Wildman–Crippen LogP) is 4.96. The molecule has 4 heteroatoms. The Morgan fingerprint density at radius 1 is 1.16 bits per heavy atom. The highest BCUT2D eigenvalue weighted by Crippen LogP contribution is 2.32. The van der Waals surface area contributed by atoms with Crippen molar-refractivity contribution in [1.82, 2.24) is 9.47 Å². The van der Waals surface area contributed by atoms with Gasteiger partial charge in [-0.1, -0.05) is 24.3 Å². The molecule has 0 radical (unpaired) electrons. The summed E-state index contributed by atoms with van der Waals surface area (Å²) in [6.07, 6.45) is 2.24. The number of carbonyl (C=O) groups excluding carboxylic acids is 1. The number of hydrogen-bond donors (Lipinski definition) is 0. The second-order valence-corrected chi connectivity index (χ2v) is 7.73. The van der Waals surface area contributed by atoms with Crippen molar-refractivity contribution in [3.63, 3.8) is 0 Å². The molecule has 1 saturated carbocycles. The van der Waals surface area contributed by atoms with E-state index in [1.54, 1.807) is 11.3 Å². The second kappa shape index (κ2) is 6.52. The molecular weight excluding hydrogens is 328 g/mol. The molecule has 0 saturated heterocycles. The number of amides is 1. The summed E-state index contributed by atoms with van der Waals surface area (Å²) in [5.74, 6) is 0.159. The monoisotopic (exact) mass is 350 g/mol. The highest BCUT2D eigenvalue weighted by Gasteiger charge is 2.34. The van der Waals surface area contributed by atoms with Gasteiger partial charge in [0.15, 0.2) is 0 Å². The zero-order chi connectivity index (χ0) is 17.4. The van der Waals surface area contributed by atoms with Crippen LogP contribution in [0.15, 0.2) is 53.9 Å². The number of rotatable bonds is 5. The topological polar surface area (TPSA) is 25.2 Å². The molecule has 0 spiro atoms. The van der Waals surface area contributed by atoms with E-state index < -0.39 is 0 Å². The smallest absolute Gasteiger partial charge is 0.256 e. The molecule has 4 rings (SSSR count). The zero-order valence-electron chi connectivity index (χ0n) is 14.6. The van der Waals surface area contributed by atoms with Crippen molar-refractivity contribution in [1.29, 1.82) is 0 Å². The standard InChI is InChI=1S/C21H22N2OS/c1-15-13-20(16(2)23(15)18-7-4-3-5-8-18)21(24)22(17-10-11-17)14-19-9-6-12-25-19/h3-9,12-13,17H,10-11,14H2,1-2H3. The second-order valence-electron chi connectivity index (χ2n) is 6.70. The van der Waals surface area contributed by atoms with Gasteiger partial charge in [-0.15, -0.1) is 11.3 Å². The minimum atomic E-state index is 0.159. The summed E-state index contributed by atoms with van der Waals surface area (Å²) in [5, 5.41) is 2.08. The molecule has 2 aromatic heterocycles. The van der Waals surface area contributed by atoms with E-state index in [-0.39, 0.29) is 5.91 Å². The van der Waals surface area contributed by atoms with Crippen molar-refractivity contribution in [2.45, 2.75) is 39.3 Å². The molecule has 0 atom stereocenters. The van der Waals surface area contributed by atoms with Crippen LogP contribution in [0, 0.1) is 13.8 Å². The van der Waals surface area contributed by atoms with Crippen LogP contribution in [0.4, 0.5) is 0 Å². The molecule has 1 aromatic carbocycles. The molecule has 0 aliphatic heterocycles. The molecule has 25 heavy (non-hydrogen) atoms. The summed E-state index contributed by atoms with van der Waals surface area (Å²) in [5.41, 5.74) is 4.04. The van der Waals surface area contributed by atoms with Gasteiger partial charge in [-0.25, -0.2) is 0 Å². The Morgan fingerprint density at radius 2 is 1.92 bits per heavy atom. The lowest BCUT2D eigenvalue weighted by Crippen LogP contribution is -2.32. The molecule has 1 aliphatic carbocycles.